The first-order valence-corrected chi connectivity index (χ1v) is 8.82. The number of benzene rings is 2. The summed E-state index contributed by atoms with van der Waals surface area (Å²) in [6.45, 7) is 1.75. The van der Waals surface area contributed by atoms with E-state index in [1.54, 1.807) is 30.3 Å². The molecule has 2 aromatic carbocycles. The number of aromatic nitrogens is 5. The molecule has 0 saturated heterocycles. The first-order chi connectivity index (χ1) is 13.5. The van der Waals surface area contributed by atoms with Crippen LogP contribution in [0.1, 0.15) is 5.56 Å². The van der Waals surface area contributed by atoms with Crippen molar-refractivity contribution in [2.45, 2.75) is 13.5 Å². The van der Waals surface area contributed by atoms with Crippen molar-refractivity contribution in [3.63, 3.8) is 0 Å². The molecular weight excluding hydrogens is 380 g/mol. The van der Waals surface area contributed by atoms with E-state index in [1.807, 2.05) is 25.1 Å². The van der Waals surface area contributed by atoms with Crippen LogP contribution in [0.3, 0.4) is 0 Å². The van der Waals surface area contributed by atoms with Crippen LogP contribution in [0.4, 0.5) is 5.69 Å². The third kappa shape index (κ3) is 3.49. The van der Waals surface area contributed by atoms with Gasteiger partial charge in [-0.15, -0.1) is 5.10 Å². The highest BCUT2D eigenvalue weighted by atomic mass is 35.5. The third-order valence-electron chi connectivity index (χ3n) is 4.10. The predicted molar refractivity (Wildman–Crippen MR) is 106 cm³/mol. The van der Waals surface area contributed by atoms with E-state index in [0.29, 0.717) is 22.0 Å². The van der Waals surface area contributed by atoms with Crippen LogP contribution in [0.2, 0.25) is 5.02 Å². The Bertz CT molecular complexity index is 1250. The molecule has 9 heteroatoms. The number of carbonyl (C=O) groups is 1. The van der Waals surface area contributed by atoms with Gasteiger partial charge in [0.1, 0.15) is 12.9 Å². The Morgan fingerprint density at radius 3 is 2.79 bits per heavy atom. The monoisotopic (exact) mass is 394 g/mol. The molecule has 2 aromatic heterocycles. The minimum atomic E-state index is -0.447. The lowest BCUT2D eigenvalue weighted by Gasteiger charge is -2.08. The van der Waals surface area contributed by atoms with E-state index >= 15 is 0 Å². The molecule has 8 nitrogen and oxygen atoms in total. The second-order valence-corrected chi connectivity index (χ2v) is 6.69. The lowest BCUT2D eigenvalue weighted by atomic mass is 10.2. The summed E-state index contributed by atoms with van der Waals surface area (Å²) in [7, 11) is 0. The molecule has 0 aliphatic carbocycles. The molecule has 1 N–H and O–H groups in total. The molecule has 4 aromatic rings. The number of fused-ring (bicyclic) bond motifs is 1. The van der Waals surface area contributed by atoms with Crippen LogP contribution < -0.4 is 10.9 Å². The van der Waals surface area contributed by atoms with Crippen LogP contribution in [0.25, 0.3) is 16.9 Å². The zero-order chi connectivity index (χ0) is 19.7. The number of hydrogen-bond acceptors (Lipinski definition) is 5. The smallest absolute Gasteiger partial charge is 0.284 e. The van der Waals surface area contributed by atoms with Crippen molar-refractivity contribution in [2.24, 2.45) is 0 Å². The van der Waals surface area contributed by atoms with Crippen molar-refractivity contribution in [3.8, 4) is 5.69 Å². The first-order valence-electron chi connectivity index (χ1n) is 8.44. The third-order valence-corrected chi connectivity index (χ3v) is 4.33. The average molecular weight is 395 g/mol. The molecule has 28 heavy (non-hydrogen) atoms. The summed E-state index contributed by atoms with van der Waals surface area (Å²) in [5.74, 6) is -0.337. The van der Waals surface area contributed by atoms with Crippen LogP contribution in [-0.2, 0) is 11.3 Å². The fourth-order valence-electron chi connectivity index (χ4n) is 2.82. The zero-order valence-electron chi connectivity index (χ0n) is 14.8. The lowest BCUT2D eigenvalue weighted by Crippen LogP contribution is -2.28. The van der Waals surface area contributed by atoms with Crippen molar-refractivity contribution in [2.75, 3.05) is 5.32 Å². The molecule has 0 unspecified atom stereocenters. The topological polar surface area (TPSA) is 94.7 Å². The Kier molecular flexibility index (Phi) is 4.62. The van der Waals surface area contributed by atoms with Gasteiger partial charge in [-0.2, -0.15) is 4.68 Å². The summed E-state index contributed by atoms with van der Waals surface area (Å²) in [6, 6.07) is 14.4. The summed E-state index contributed by atoms with van der Waals surface area (Å²) < 4.78 is 2.63. The molecule has 0 aliphatic heterocycles. The van der Waals surface area contributed by atoms with Crippen molar-refractivity contribution in [3.05, 3.63) is 75.8 Å². The zero-order valence-corrected chi connectivity index (χ0v) is 15.6. The molecule has 0 radical (unpaired) electrons. The van der Waals surface area contributed by atoms with Crippen LogP contribution >= 0.6 is 11.6 Å². The molecule has 0 atom stereocenters. The summed E-state index contributed by atoms with van der Waals surface area (Å²) in [5, 5.41) is 11.2. The summed E-state index contributed by atoms with van der Waals surface area (Å²) in [4.78, 5) is 29.2. The lowest BCUT2D eigenvalue weighted by molar-refractivity contribution is -0.116. The molecule has 0 bridgehead atoms. The van der Waals surface area contributed by atoms with Crippen LogP contribution in [-0.4, -0.2) is 30.5 Å². The van der Waals surface area contributed by atoms with Crippen LogP contribution in [0.15, 0.2) is 59.7 Å². The molecule has 4 rings (SSSR count). The molecule has 0 aliphatic rings. The molecule has 2 heterocycles. The maximum absolute atomic E-state index is 12.7. The number of rotatable bonds is 4. The molecule has 0 saturated carbocycles. The van der Waals surface area contributed by atoms with E-state index < -0.39 is 5.56 Å². The number of nitrogens with one attached hydrogen (secondary N) is 1. The van der Waals surface area contributed by atoms with Crippen LogP contribution in [0, 0.1) is 6.92 Å². The van der Waals surface area contributed by atoms with Gasteiger partial charge in [-0.1, -0.05) is 35.0 Å². The van der Waals surface area contributed by atoms with E-state index in [0.717, 1.165) is 5.56 Å². The van der Waals surface area contributed by atoms with Crippen molar-refractivity contribution >= 4 is 34.4 Å². The predicted octanol–water partition coefficient (Wildman–Crippen LogP) is 2.58. The minimum absolute atomic E-state index is 0.0748. The quantitative estimate of drug-likeness (QED) is 0.574. The number of halogens is 1. The number of anilines is 1. The van der Waals surface area contributed by atoms with E-state index in [2.05, 4.69) is 20.6 Å². The minimum Gasteiger partial charge on any atom is -0.325 e. The number of hydrogen-bond donors (Lipinski definition) is 1. The van der Waals surface area contributed by atoms with Gasteiger partial charge < -0.3 is 5.32 Å². The summed E-state index contributed by atoms with van der Waals surface area (Å²) in [6.07, 6.45) is 1.31. The number of carbonyl (C=O) groups excluding carboxylic acids is 1. The van der Waals surface area contributed by atoms with Gasteiger partial charge in [-0.25, -0.2) is 4.98 Å². The fraction of sp³-hybridized carbons (Fsp3) is 0.105. The van der Waals surface area contributed by atoms with E-state index in [4.69, 9.17) is 11.6 Å². The van der Waals surface area contributed by atoms with E-state index in [-0.39, 0.29) is 18.0 Å². The molecule has 140 valence electrons. The molecular formula is C19H15ClN6O2. The fourth-order valence-corrected chi connectivity index (χ4v) is 3.00. The molecule has 0 fully saturated rings. The van der Waals surface area contributed by atoms with Gasteiger partial charge in [0.15, 0.2) is 11.2 Å². The number of aryl methyl sites for hydroxylation is 1. The Balaban J connectivity index is 1.62. The first kappa shape index (κ1) is 17.9. The highest BCUT2D eigenvalue weighted by Gasteiger charge is 2.15. The second kappa shape index (κ2) is 7.24. The van der Waals surface area contributed by atoms with Crippen molar-refractivity contribution in [1.29, 1.82) is 0 Å². The number of nitrogens with zero attached hydrogens (tertiary/aromatic N) is 5. The largest absolute Gasteiger partial charge is 0.325 e. The van der Waals surface area contributed by atoms with Crippen molar-refractivity contribution in [1.82, 2.24) is 24.5 Å². The molecule has 0 spiro atoms. The Labute approximate surface area is 164 Å². The van der Waals surface area contributed by atoms with Crippen LogP contribution in [0.5, 0.6) is 0 Å². The van der Waals surface area contributed by atoms with E-state index in [9.17, 15) is 9.59 Å². The van der Waals surface area contributed by atoms with Crippen molar-refractivity contribution < 1.29 is 4.79 Å². The van der Waals surface area contributed by atoms with Gasteiger partial charge in [0.2, 0.25) is 5.91 Å². The summed E-state index contributed by atoms with van der Waals surface area (Å²) >= 11 is 6.01. The normalized spacial score (nSPS) is 10.9. The van der Waals surface area contributed by atoms with Gasteiger partial charge in [0.05, 0.1) is 5.69 Å². The van der Waals surface area contributed by atoms with Gasteiger partial charge >= 0.3 is 0 Å². The number of amides is 1. The highest BCUT2D eigenvalue weighted by molar-refractivity contribution is 6.30. The van der Waals surface area contributed by atoms with Gasteiger partial charge in [0.25, 0.3) is 5.56 Å². The average Bonchev–Trinajstić information content (AvgIpc) is 3.09. The summed E-state index contributed by atoms with van der Waals surface area (Å²) in [5.41, 5.74) is 2.25. The Hall–Kier alpha value is -3.52. The highest BCUT2D eigenvalue weighted by Crippen LogP contribution is 2.16. The second-order valence-electron chi connectivity index (χ2n) is 6.25. The van der Waals surface area contributed by atoms with Gasteiger partial charge in [-0.3, -0.25) is 14.2 Å². The standard InChI is InChI=1S/C19H15ClN6O2/c1-12-4-2-6-14(8-12)22-16(27)10-25-11-21-18-17(19(25)28)23-24-26(18)15-7-3-5-13(20)9-15/h2-9,11H,10H2,1H3,(H,22,27). The Morgan fingerprint density at radius 2 is 2.00 bits per heavy atom. The maximum Gasteiger partial charge on any atom is 0.284 e. The maximum atomic E-state index is 12.7. The van der Waals surface area contributed by atoms with Gasteiger partial charge in [0, 0.05) is 10.7 Å². The van der Waals surface area contributed by atoms with E-state index in [1.165, 1.54) is 15.6 Å². The molecule has 1 amide bonds. The SMILES string of the molecule is Cc1cccc(NC(=O)Cn2cnc3c(nnn3-c3cccc(Cl)c3)c2=O)c1. The van der Waals surface area contributed by atoms with Gasteiger partial charge in [-0.05, 0) is 42.8 Å². The Morgan fingerprint density at radius 1 is 1.18 bits per heavy atom.